The van der Waals surface area contributed by atoms with Crippen LogP contribution >= 0.6 is 0 Å². The van der Waals surface area contributed by atoms with E-state index in [0.717, 1.165) is 0 Å². The fraction of sp³-hybridized carbons (Fsp3) is 0.125. The highest BCUT2D eigenvalue weighted by Crippen LogP contribution is 2.08. The summed E-state index contributed by atoms with van der Waals surface area (Å²) in [6.45, 7) is 1.30. The normalized spacial score (nSPS) is 8.67. The Morgan fingerprint density at radius 2 is 2.42 bits per heavy atom. The molecular weight excluding hydrogens is 156 g/mol. The van der Waals surface area contributed by atoms with Crippen LogP contribution in [0.25, 0.3) is 0 Å². The summed E-state index contributed by atoms with van der Waals surface area (Å²) >= 11 is 0. The molecule has 1 aromatic heterocycles. The first-order chi connectivity index (χ1) is 5.72. The van der Waals surface area contributed by atoms with E-state index in [1.807, 2.05) is 6.07 Å². The first-order valence-electron chi connectivity index (χ1n) is 3.27. The highest BCUT2D eigenvalue weighted by atomic mass is 16.5. The van der Waals surface area contributed by atoms with Crippen molar-refractivity contribution >= 4 is 5.97 Å². The minimum atomic E-state index is -0.401. The van der Waals surface area contributed by atoms with Gasteiger partial charge in [0.2, 0.25) is 0 Å². The molecule has 4 nitrogen and oxygen atoms in total. The van der Waals surface area contributed by atoms with Gasteiger partial charge in [-0.25, -0.2) is 4.98 Å². The van der Waals surface area contributed by atoms with Gasteiger partial charge in [-0.1, -0.05) is 0 Å². The quantitative estimate of drug-likeness (QED) is 0.575. The third-order valence-corrected chi connectivity index (χ3v) is 1.11. The van der Waals surface area contributed by atoms with E-state index in [2.05, 4.69) is 4.98 Å². The monoisotopic (exact) mass is 162 g/mol. The van der Waals surface area contributed by atoms with Crippen LogP contribution in [0.3, 0.4) is 0 Å². The van der Waals surface area contributed by atoms with Crippen molar-refractivity contribution in [3.05, 3.63) is 24.0 Å². The summed E-state index contributed by atoms with van der Waals surface area (Å²) in [6, 6.07) is 4.86. The number of ether oxygens (including phenoxy) is 1. The molecule has 0 spiro atoms. The van der Waals surface area contributed by atoms with Gasteiger partial charge < -0.3 is 4.74 Å². The number of hydrogen-bond acceptors (Lipinski definition) is 4. The Hall–Kier alpha value is -1.89. The van der Waals surface area contributed by atoms with Crippen LogP contribution in [0.5, 0.6) is 5.75 Å². The van der Waals surface area contributed by atoms with E-state index in [1.54, 1.807) is 0 Å². The zero-order valence-electron chi connectivity index (χ0n) is 6.44. The summed E-state index contributed by atoms with van der Waals surface area (Å²) < 4.78 is 4.70. The SMILES string of the molecule is CC(=O)Oc1ccc(C#N)nc1. The van der Waals surface area contributed by atoms with Gasteiger partial charge in [-0.2, -0.15) is 5.26 Å². The van der Waals surface area contributed by atoms with Crippen LogP contribution < -0.4 is 4.74 Å². The Morgan fingerprint density at radius 3 is 2.83 bits per heavy atom. The molecule has 0 unspecified atom stereocenters. The van der Waals surface area contributed by atoms with Gasteiger partial charge in [0.05, 0.1) is 6.20 Å². The van der Waals surface area contributed by atoms with Crippen molar-refractivity contribution in [3.63, 3.8) is 0 Å². The van der Waals surface area contributed by atoms with Gasteiger partial charge in [-0.15, -0.1) is 0 Å². The summed E-state index contributed by atoms with van der Waals surface area (Å²) in [5, 5.41) is 8.39. The summed E-state index contributed by atoms with van der Waals surface area (Å²) in [5.74, 6) is -0.0528. The van der Waals surface area contributed by atoms with Crippen molar-refractivity contribution < 1.29 is 9.53 Å². The largest absolute Gasteiger partial charge is 0.425 e. The summed E-state index contributed by atoms with van der Waals surface area (Å²) in [6.07, 6.45) is 1.33. The molecule has 0 radical (unpaired) electrons. The number of hydrogen-bond donors (Lipinski definition) is 0. The number of esters is 1. The highest BCUT2D eigenvalue weighted by Gasteiger charge is 1.97. The van der Waals surface area contributed by atoms with E-state index in [1.165, 1.54) is 25.3 Å². The second-order valence-corrected chi connectivity index (χ2v) is 2.08. The van der Waals surface area contributed by atoms with Crippen molar-refractivity contribution in [2.75, 3.05) is 0 Å². The van der Waals surface area contributed by atoms with Gasteiger partial charge in [0, 0.05) is 6.92 Å². The van der Waals surface area contributed by atoms with Gasteiger partial charge >= 0.3 is 5.97 Å². The molecule has 0 N–H and O–H groups in total. The van der Waals surface area contributed by atoms with Crippen LogP contribution in [-0.4, -0.2) is 11.0 Å². The molecule has 60 valence electrons. The topological polar surface area (TPSA) is 63.0 Å². The van der Waals surface area contributed by atoms with Crippen molar-refractivity contribution in [1.29, 1.82) is 5.26 Å². The number of nitriles is 1. The smallest absolute Gasteiger partial charge is 0.308 e. The summed E-state index contributed by atoms with van der Waals surface area (Å²) in [4.78, 5) is 14.2. The molecule has 0 bridgehead atoms. The van der Waals surface area contributed by atoms with E-state index in [4.69, 9.17) is 10.00 Å². The van der Waals surface area contributed by atoms with Crippen molar-refractivity contribution in [1.82, 2.24) is 4.98 Å². The van der Waals surface area contributed by atoms with Crippen LogP contribution in [0.2, 0.25) is 0 Å². The Balaban J connectivity index is 2.80. The molecule has 1 heterocycles. The second-order valence-electron chi connectivity index (χ2n) is 2.08. The zero-order chi connectivity index (χ0) is 8.97. The molecule has 0 fully saturated rings. The number of nitrogens with zero attached hydrogens (tertiary/aromatic N) is 2. The maximum absolute atomic E-state index is 10.5. The standard InChI is InChI=1S/C8H6N2O2/c1-6(11)12-8-3-2-7(4-9)10-5-8/h2-3,5H,1H3. The molecule has 0 aliphatic carbocycles. The molecule has 12 heavy (non-hydrogen) atoms. The lowest BCUT2D eigenvalue weighted by Gasteiger charge is -1.98. The lowest BCUT2D eigenvalue weighted by molar-refractivity contribution is -0.131. The van der Waals surface area contributed by atoms with Crippen molar-refractivity contribution in [2.45, 2.75) is 6.92 Å². The molecule has 0 aliphatic heterocycles. The lowest BCUT2D eigenvalue weighted by Crippen LogP contribution is -2.01. The van der Waals surface area contributed by atoms with E-state index in [0.29, 0.717) is 11.4 Å². The first-order valence-corrected chi connectivity index (χ1v) is 3.27. The van der Waals surface area contributed by atoms with E-state index < -0.39 is 5.97 Å². The van der Waals surface area contributed by atoms with E-state index >= 15 is 0 Å². The average molecular weight is 162 g/mol. The Bertz CT molecular complexity index is 324. The zero-order valence-corrected chi connectivity index (χ0v) is 6.44. The molecular formula is C8H6N2O2. The molecule has 0 atom stereocenters. The predicted octanol–water partition coefficient (Wildman–Crippen LogP) is 0.879. The predicted molar refractivity (Wildman–Crippen MR) is 40.3 cm³/mol. The van der Waals surface area contributed by atoms with Gasteiger partial charge in [0.25, 0.3) is 0 Å². The molecule has 1 aromatic rings. The summed E-state index contributed by atoms with van der Waals surface area (Å²) in [7, 11) is 0. The second kappa shape index (κ2) is 3.49. The molecule has 0 aromatic carbocycles. The maximum atomic E-state index is 10.5. The van der Waals surface area contributed by atoms with Crippen LogP contribution in [0.1, 0.15) is 12.6 Å². The van der Waals surface area contributed by atoms with Crippen molar-refractivity contribution in [3.8, 4) is 11.8 Å². The number of rotatable bonds is 1. The van der Waals surface area contributed by atoms with Crippen LogP contribution in [-0.2, 0) is 4.79 Å². The van der Waals surface area contributed by atoms with E-state index in [9.17, 15) is 4.79 Å². The first kappa shape index (κ1) is 8.21. The van der Waals surface area contributed by atoms with Crippen molar-refractivity contribution in [2.24, 2.45) is 0 Å². The highest BCUT2D eigenvalue weighted by molar-refractivity contribution is 5.69. The van der Waals surface area contributed by atoms with Gasteiger partial charge in [-0.05, 0) is 12.1 Å². The molecule has 0 amide bonds. The molecule has 1 rings (SSSR count). The molecule has 0 saturated carbocycles. The fourth-order valence-electron chi connectivity index (χ4n) is 0.673. The Kier molecular flexibility index (Phi) is 2.38. The number of pyridine rings is 1. The van der Waals surface area contributed by atoms with Gasteiger partial charge in [0.1, 0.15) is 17.5 Å². The molecule has 4 heteroatoms. The Morgan fingerprint density at radius 1 is 1.67 bits per heavy atom. The van der Waals surface area contributed by atoms with Crippen LogP contribution in [0, 0.1) is 11.3 Å². The molecule has 0 aliphatic rings. The lowest BCUT2D eigenvalue weighted by atomic mass is 10.4. The number of carbonyl (C=O) groups excluding carboxylic acids is 1. The van der Waals surface area contributed by atoms with Gasteiger partial charge in [0.15, 0.2) is 0 Å². The number of aromatic nitrogens is 1. The van der Waals surface area contributed by atoms with Crippen LogP contribution in [0.4, 0.5) is 0 Å². The third-order valence-electron chi connectivity index (χ3n) is 1.11. The Labute approximate surface area is 69.4 Å². The summed E-state index contributed by atoms with van der Waals surface area (Å²) in [5.41, 5.74) is 0.297. The average Bonchev–Trinajstić information content (AvgIpc) is 2.05. The minimum Gasteiger partial charge on any atom is -0.425 e. The fourth-order valence-corrected chi connectivity index (χ4v) is 0.673. The third kappa shape index (κ3) is 2.06. The van der Waals surface area contributed by atoms with Crippen LogP contribution in [0.15, 0.2) is 18.3 Å². The molecule has 0 saturated heterocycles. The maximum Gasteiger partial charge on any atom is 0.308 e. The number of carbonyl (C=O) groups is 1. The van der Waals surface area contributed by atoms with E-state index in [-0.39, 0.29) is 0 Å². The minimum absolute atomic E-state index is 0.297. The van der Waals surface area contributed by atoms with Gasteiger partial charge in [-0.3, -0.25) is 4.79 Å².